The van der Waals surface area contributed by atoms with Crippen LogP contribution in [0.2, 0.25) is 0 Å². The van der Waals surface area contributed by atoms with Gasteiger partial charge in [0.2, 0.25) is 0 Å². The number of hydrogen-bond acceptors (Lipinski definition) is 1. The molecule has 12 rings (SSSR count). The fourth-order valence-corrected chi connectivity index (χ4v) is 11.1. The molecule has 0 atom stereocenters. The van der Waals surface area contributed by atoms with Gasteiger partial charge in [-0.25, -0.2) is 0 Å². The monoisotopic (exact) mass is 743 g/mol. The number of benzene rings is 9. The minimum Gasteiger partial charge on any atom is -0.310 e. The van der Waals surface area contributed by atoms with Gasteiger partial charge in [-0.1, -0.05) is 133 Å². The van der Waals surface area contributed by atoms with E-state index in [1.807, 2.05) is 0 Å². The molecule has 9 aromatic carbocycles. The lowest BCUT2D eigenvalue weighted by Crippen LogP contribution is -2.19. The topological polar surface area (TPSA) is 3.24 Å². The quantitative estimate of drug-likeness (QED) is 0.174. The minimum atomic E-state index is -0.149. The van der Waals surface area contributed by atoms with Crippen molar-refractivity contribution in [3.8, 4) is 33.4 Å². The van der Waals surface area contributed by atoms with Crippen LogP contribution in [-0.2, 0) is 16.2 Å². The number of fused-ring (bicyclic) bond motifs is 12. The van der Waals surface area contributed by atoms with Gasteiger partial charge in [-0.3, -0.25) is 0 Å². The summed E-state index contributed by atoms with van der Waals surface area (Å²) in [6.07, 6.45) is 0. The third-order valence-corrected chi connectivity index (χ3v) is 14.4. The maximum atomic E-state index is 2.53. The summed E-state index contributed by atoms with van der Waals surface area (Å²) in [4.78, 5) is 2.53. The smallest absolute Gasteiger partial charge is 0.0465 e. The Bertz CT molecular complexity index is 2920. The normalized spacial score (nSPS) is 15.8. The summed E-state index contributed by atoms with van der Waals surface area (Å²) in [6.45, 7) is 14.4. The first-order chi connectivity index (χ1) is 28.0. The second-order valence-corrected chi connectivity index (χ2v) is 18.6. The molecule has 0 radical (unpaired) electrons. The summed E-state index contributed by atoms with van der Waals surface area (Å²) < 4.78 is 0. The van der Waals surface area contributed by atoms with Crippen molar-refractivity contribution in [2.24, 2.45) is 0 Å². The molecule has 0 saturated carbocycles. The van der Waals surface area contributed by atoms with Crippen LogP contribution in [0.15, 0.2) is 164 Å². The zero-order chi connectivity index (χ0) is 39.3. The molecule has 1 heteroatoms. The van der Waals surface area contributed by atoms with Gasteiger partial charge in [-0.05, 0) is 172 Å². The molecule has 0 aromatic heterocycles. The van der Waals surface area contributed by atoms with E-state index in [0.29, 0.717) is 0 Å². The van der Waals surface area contributed by atoms with Crippen molar-refractivity contribution in [2.45, 2.75) is 57.8 Å². The fraction of sp³-hybridized carbons (Fsp3) is 0.158. The summed E-state index contributed by atoms with van der Waals surface area (Å²) in [5.41, 5.74) is 19.5. The van der Waals surface area contributed by atoms with Crippen LogP contribution in [0, 0.1) is 0 Å². The molecule has 0 fully saturated rings. The van der Waals surface area contributed by atoms with E-state index >= 15 is 0 Å². The third-order valence-electron chi connectivity index (χ3n) is 14.4. The van der Waals surface area contributed by atoms with Crippen LogP contribution in [0.25, 0.3) is 65.7 Å². The van der Waals surface area contributed by atoms with Crippen LogP contribution >= 0.6 is 0 Å². The average molecular weight is 744 g/mol. The molecule has 0 unspecified atom stereocenters. The second kappa shape index (κ2) is 11.4. The van der Waals surface area contributed by atoms with Crippen molar-refractivity contribution in [3.63, 3.8) is 0 Å². The van der Waals surface area contributed by atoms with Crippen molar-refractivity contribution < 1.29 is 0 Å². The molecular weight excluding hydrogens is 699 g/mol. The molecule has 278 valence electrons. The van der Waals surface area contributed by atoms with Gasteiger partial charge in [0, 0.05) is 33.3 Å². The highest BCUT2D eigenvalue weighted by Crippen LogP contribution is 2.56. The zero-order valence-electron chi connectivity index (χ0n) is 34.0. The Morgan fingerprint density at radius 1 is 0.259 bits per heavy atom. The lowest BCUT2D eigenvalue weighted by molar-refractivity contribution is 0.660. The molecule has 0 spiro atoms. The Balaban J connectivity index is 1.06. The van der Waals surface area contributed by atoms with Crippen LogP contribution in [0.4, 0.5) is 17.1 Å². The van der Waals surface area contributed by atoms with E-state index in [-0.39, 0.29) is 16.2 Å². The standard InChI is InChI=1S/C57H45N/c1-55(2)49-28-37-16-10-7-13-34(37)25-46(49)43-22-19-40(31-52(43)55)58(41-20-23-44-47-26-35-14-8-11-17-38(35)29-50(47)56(3,4)53(44)32-41)42-21-24-45-48-27-36-15-9-12-18-39(36)30-51(48)57(5,6)54(45)33-42/h7-33H,1-6H3. The summed E-state index contributed by atoms with van der Waals surface area (Å²) >= 11 is 0. The van der Waals surface area contributed by atoms with Crippen LogP contribution in [0.5, 0.6) is 0 Å². The highest BCUT2D eigenvalue weighted by atomic mass is 15.1. The number of nitrogens with zero attached hydrogens (tertiary/aromatic N) is 1. The van der Waals surface area contributed by atoms with E-state index in [1.165, 1.54) is 116 Å². The summed E-state index contributed by atoms with van der Waals surface area (Å²) in [7, 11) is 0. The molecule has 0 bridgehead atoms. The summed E-state index contributed by atoms with van der Waals surface area (Å²) in [6, 6.07) is 62.5. The lowest BCUT2D eigenvalue weighted by Gasteiger charge is -2.31. The van der Waals surface area contributed by atoms with E-state index in [0.717, 1.165) is 0 Å². The molecule has 3 aliphatic rings. The van der Waals surface area contributed by atoms with E-state index in [9.17, 15) is 0 Å². The fourth-order valence-electron chi connectivity index (χ4n) is 11.1. The Morgan fingerprint density at radius 2 is 0.500 bits per heavy atom. The number of anilines is 3. The van der Waals surface area contributed by atoms with Crippen molar-refractivity contribution in [1.29, 1.82) is 0 Å². The van der Waals surface area contributed by atoms with E-state index in [2.05, 4.69) is 210 Å². The molecule has 9 aromatic rings. The maximum absolute atomic E-state index is 2.53. The first-order valence-corrected chi connectivity index (χ1v) is 20.8. The predicted molar refractivity (Wildman–Crippen MR) is 246 cm³/mol. The molecule has 0 heterocycles. The van der Waals surface area contributed by atoms with Gasteiger partial charge in [0.05, 0.1) is 0 Å². The van der Waals surface area contributed by atoms with E-state index < -0.39 is 0 Å². The Hall–Kier alpha value is -6.44. The average Bonchev–Trinajstić information content (AvgIpc) is 3.69. The minimum absolute atomic E-state index is 0.149. The molecule has 0 saturated heterocycles. The maximum Gasteiger partial charge on any atom is 0.0465 e. The third kappa shape index (κ3) is 4.48. The highest BCUT2D eigenvalue weighted by Gasteiger charge is 2.40. The Kier molecular flexibility index (Phi) is 6.60. The van der Waals surface area contributed by atoms with Gasteiger partial charge >= 0.3 is 0 Å². The molecule has 0 amide bonds. The van der Waals surface area contributed by atoms with Gasteiger partial charge in [-0.2, -0.15) is 0 Å². The predicted octanol–water partition coefficient (Wildman–Crippen LogP) is 15.5. The first kappa shape index (κ1) is 33.7. The molecule has 1 nitrogen and oxygen atoms in total. The van der Waals surface area contributed by atoms with Crippen LogP contribution in [-0.4, -0.2) is 0 Å². The second-order valence-electron chi connectivity index (χ2n) is 18.6. The van der Waals surface area contributed by atoms with Crippen molar-refractivity contribution >= 4 is 49.4 Å². The Labute approximate surface area is 341 Å². The largest absolute Gasteiger partial charge is 0.310 e. The van der Waals surface area contributed by atoms with E-state index in [4.69, 9.17) is 0 Å². The van der Waals surface area contributed by atoms with Gasteiger partial charge in [0.1, 0.15) is 0 Å². The molecular formula is C57H45N. The Morgan fingerprint density at radius 3 is 0.776 bits per heavy atom. The molecule has 58 heavy (non-hydrogen) atoms. The first-order valence-electron chi connectivity index (χ1n) is 20.8. The zero-order valence-corrected chi connectivity index (χ0v) is 34.0. The van der Waals surface area contributed by atoms with Crippen LogP contribution in [0.1, 0.15) is 74.9 Å². The van der Waals surface area contributed by atoms with E-state index in [1.54, 1.807) is 0 Å². The van der Waals surface area contributed by atoms with Gasteiger partial charge in [0.15, 0.2) is 0 Å². The summed E-state index contributed by atoms with van der Waals surface area (Å²) in [5.74, 6) is 0. The SMILES string of the molecule is CC1(C)c2cc(N(c3ccc4c(c3)C(C)(C)c3cc5ccccc5cc3-4)c3ccc4c(c3)C(C)(C)c3cc5ccccc5cc3-4)ccc2-c2cc3ccccc3cc21. The molecule has 0 aliphatic heterocycles. The van der Waals surface area contributed by atoms with Crippen molar-refractivity contribution in [1.82, 2.24) is 0 Å². The highest BCUT2D eigenvalue weighted by molar-refractivity contribution is 5.98. The van der Waals surface area contributed by atoms with Gasteiger partial charge in [-0.15, -0.1) is 0 Å². The van der Waals surface area contributed by atoms with Gasteiger partial charge in [0.25, 0.3) is 0 Å². The number of hydrogen-bond donors (Lipinski definition) is 0. The number of rotatable bonds is 3. The molecule has 0 N–H and O–H groups in total. The lowest BCUT2D eigenvalue weighted by atomic mass is 9.81. The molecule has 3 aliphatic carbocycles. The van der Waals surface area contributed by atoms with Gasteiger partial charge < -0.3 is 4.90 Å². The van der Waals surface area contributed by atoms with Crippen molar-refractivity contribution in [3.05, 3.63) is 197 Å². The van der Waals surface area contributed by atoms with Crippen LogP contribution in [0.3, 0.4) is 0 Å². The summed E-state index contributed by atoms with van der Waals surface area (Å²) in [5, 5.41) is 7.77. The van der Waals surface area contributed by atoms with Crippen LogP contribution < -0.4 is 4.90 Å². The van der Waals surface area contributed by atoms with Crippen molar-refractivity contribution in [2.75, 3.05) is 4.90 Å².